The molecule has 0 aliphatic carbocycles. The van der Waals surface area contributed by atoms with Crippen molar-refractivity contribution in [3.63, 3.8) is 0 Å². The summed E-state index contributed by atoms with van der Waals surface area (Å²) in [4.78, 5) is 11.1. The molecular formula is C9H12O4. The molecular weight excluding hydrogens is 172 g/mol. The molecule has 1 aliphatic heterocycles. The van der Waals surface area contributed by atoms with E-state index in [-0.39, 0.29) is 11.3 Å². The molecule has 0 saturated heterocycles. The maximum atomic E-state index is 11.1. The van der Waals surface area contributed by atoms with E-state index in [0.29, 0.717) is 6.42 Å². The molecule has 0 saturated carbocycles. The van der Waals surface area contributed by atoms with Gasteiger partial charge in [-0.2, -0.15) is 0 Å². The Bertz CT molecular complexity index is 277. The van der Waals surface area contributed by atoms with Gasteiger partial charge in [0.05, 0.1) is 12.2 Å². The van der Waals surface area contributed by atoms with E-state index in [1.54, 1.807) is 6.92 Å². The molecule has 72 valence electrons. The molecule has 1 unspecified atom stereocenters. The van der Waals surface area contributed by atoms with Gasteiger partial charge in [0.1, 0.15) is 5.76 Å². The Morgan fingerprint density at radius 2 is 2.31 bits per heavy atom. The van der Waals surface area contributed by atoms with Crippen molar-refractivity contribution in [2.45, 2.75) is 19.4 Å². The highest BCUT2D eigenvalue weighted by Crippen LogP contribution is 2.24. The Balaban J connectivity index is 2.85. The van der Waals surface area contributed by atoms with Crippen LogP contribution in [0.1, 0.15) is 13.3 Å². The topological polar surface area (TPSA) is 66.8 Å². The summed E-state index contributed by atoms with van der Waals surface area (Å²) in [7, 11) is 0. The van der Waals surface area contributed by atoms with Crippen molar-refractivity contribution in [1.82, 2.24) is 0 Å². The fraction of sp³-hybridized carbons (Fsp3) is 0.444. The number of cyclic esters (lactones) is 1. The SMILES string of the molecule is C=C(C)CC1=C(O)C(CO)OC1=O. The number of rotatable bonds is 3. The third kappa shape index (κ3) is 1.89. The van der Waals surface area contributed by atoms with Crippen LogP contribution in [0.3, 0.4) is 0 Å². The quantitative estimate of drug-likeness (QED) is 0.500. The number of allylic oxidation sites excluding steroid dienone is 1. The Morgan fingerprint density at radius 3 is 2.69 bits per heavy atom. The fourth-order valence-corrected chi connectivity index (χ4v) is 1.14. The lowest BCUT2D eigenvalue weighted by atomic mass is 10.1. The van der Waals surface area contributed by atoms with Crippen LogP contribution in [0.5, 0.6) is 0 Å². The van der Waals surface area contributed by atoms with Crippen LogP contribution in [-0.2, 0) is 9.53 Å². The molecule has 1 aliphatic rings. The van der Waals surface area contributed by atoms with Gasteiger partial charge >= 0.3 is 5.97 Å². The zero-order valence-corrected chi connectivity index (χ0v) is 7.41. The van der Waals surface area contributed by atoms with Gasteiger partial charge in [-0.3, -0.25) is 0 Å². The van der Waals surface area contributed by atoms with Crippen LogP contribution in [0.25, 0.3) is 0 Å². The highest BCUT2D eigenvalue weighted by molar-refractivity contribution is 5.92. The Morgan fingerprint density at radius 1 is 1.69 bits per heavy atom. The first kappa shape index (κ1) is 9.80. The molecule has 13 heavy (non-hydrogen) atoms. The van der Waals surface area contributed by atoms with E-state index >= 15 is 0 Å². The first-order valence-corrected chi connectivity index (χ1v) is 3.94. The summed E-state index contributed by atoms with van der Waals surface area (Å²) < 4.78 is 4.68. The normalized spacial score (nSPS) is 22.0. The third-order valence-corrected chi connectivity index (χ3v) is 1.75. The summed E-state index contributed by atoms with van der Waals surface area (Å²) in [5, 5.41) is 18.1. The molecule has 0 aromatic carbocycles. The van der Waals surface area contributed by atoms with Crippen LogP contribution in [0.15, 0.2) is 23.5 Å². The summed E-state index contributed by atoms with van der Waals surface area (Å²) in [6.07, 6.45) is -0.594. The zero-order valence-electron chi connectivity index (χ0n) is 7.41. The molecule has 0 fully saturated rings. The number of carbonyl (C=O) groups excluding carboxylic acids is 1. The van der Waals surface area contributed by atoms with Crippen molar-refractivity contribution in [1.29, 1.82) is 0 Å². The van der Waals surface area contributed by atoms with Gasteiger partial charge in [-0.15, -0.1) is 0 Å². The van der Waals surface area contributed by atoms with Crippen LogP contribution in [0.4, 0.5) is 0 Å². The van der Waals surface area contributed by atoms with Crippen molar-refractivity contribution in [3.05, 3.63) is 23.5 Å². The monoisotopic (exact) mass is 184 g/mol. The first-order chi connectivity index (χ1) is 6.06. The van der Waals surface area contributed by atoms with Crippen molar-refractivity contribution < 1.29 is 19.7 Å². The summed E-state index contributed by atoms with van der Waals surface area (Å²) in [6, 6.07) is 0. The number of hydrogen-bond donors (Lipinski definition) is 2. The Labute approximate surface area is 76.1 Å². The minimum atomic E-state index is -0.887. The smallest absolute Gasteiger partial charge is 0.338 e. The highest BCUT2D eigenvalue weighted by atomic mass is 16.6. The van der Waals surface area contributed by atoms with Crippen molar-refractivity contribution in [2.24, 2.45) is 0 Å². The molecule has 0 amide bonds. The first-order valence-electron chi connectivity index (χ1n) is 3.94. The maximum Gasteiger partial charge on any atom is 0.338 e. The molecule has 0 aromatic rings. The van der Waals surface area contributed by atoms with Crippen molar-refractivity contribution >= 4 is 5.97 Å². The second-order valence-corrected chi connectivity index (χ2v) is 3.07. The van der Waals surface area contributed by atoms with Gasteiger partial charge in [-0.25, -0.2) is 4.79 Å². The van der Waals surface area contributed by atoms with E-state index in [1.165, 1.54) is 0 Å². The van der Waals surface area contributed by atoms with E-state index < -0.39 is 18.7 Å². The van der Waals surface area contributed by atoms with Gasteiger partial charge < -0.3 is 14.9 Å². The Kier molecular flexibility index (Phi) is 2.72. The highest BCUT2D eigenvalue weighted by Gasteiger charge is 2.33. The lowest BCUT2D eigenvalue weighted by molar-refractivity contribution is -0.141. The van der Waals surface area contributed by atoms with E-state index in [4.69, 9.17) is 5.11 Å². The molecule has 0 radical (unpaired) electrons. The van der Waals surface area contributed by atoms with Crippen LogP contribution < -0.4 is 0 Å². The van der Waals surface area contributed by atoms with Gasteiger partial charge in [-0.1, -0.05) is 12.2 Å². The van der Waals surface area contributed by atoms with Gasteiger partial charge in [0.2, 0.25) is 0 Å². The van der Waals surface area contributed by atoms with E-state index in [9.17, 15) is 9.90 Å². The van der Waals surface area contributed by atoms with Crippen LogP contribution in [-0.4, -0.2) is 28.9 Å². The average molecular weight is 184 g/mol. The summed E-state index contributed by atoms with van der Waals surface area (Å²) in [5.41, 5.74) is 0.962. The summed E-state index contributed by atoms with van der Waals surface area (Å²) in [6.45, 7) is 4.98. The van der Waals surface area contributed by atoms with Gasteiger partial charge in [0.15, 0.2) is 6.10 Å². The van der Waals surface area contributed by atoms with Gasteiger partial charge in [0, 0.05) is 6.42 Å². The van der Waals surface area contributed by atoms with E-state index in [2.05, 4.69) is 11.3 Å². The lowest BCUT2D eigenvalue weighted by Crippen LogP contribution is -2.15. The predicted octanol–water partition coefficient (Wildman–Crippen LogP) is 0.682. The largest absolute Gasteiger partial charge is 0.508 e. The van der Waals surface area contributed by atoms with Crippen molar-refractivity contribution in [2.75, 3.05) is 6.61 Å². The molecule has 1 atom stereocenters. The Hall–Kier alpha value is -1.29. The second-order valence-electron chi connectivity index (χ2n) is 3.07. The number of esters is 1. The van der Waals surface area contributed by atoms with E-state index in [0.717, 1.165) is 5.57 Å². The minimum absolute atomic E-state index is 0.171. The molecule has 2 N–H and O–H groups in total. The predicted molar refractivity (Wildman–Crippen MR) is 46.1 cm³/mol. The van der Waals surface area contributed by atoms with Crippen LogP contribution >= 0.6 is 0 Å². The maximum absolute atomic E-state index is 11.1. The molecule has 4 nitrogen and oxygen atoms in total. The number of carbonyl (C=O) groups is 1. The lowest BCUT2D eigenvalue weighted by Gasteiger charge is -2.04. The number of aliphatic hydroxyl groups excluding tert-OH is 2. The number of aliphatic hydroxyl groups is 2. The fourth-order valence-electron chi connectivity index (χ4n) is 1.14. The standard InChI is InChI=1S/C9H12O4/c1-5(2)3-6-8(11)7(4-10)13-9(6)12/h7,10-11H,1,3-4H2,2H3. The minimum Gasteiger partial charge on any atom is -0.508 e. The van der Waals surface area contributed by atoms with E-state index in [1.807, 2.05) is 0 Å². The average Bonchev–Trinajstić information content (AvgIpc) is 2.31. The zero-order chi connectivity index (χ0) is 10.0. The molecule has 4 heteroatoms. The molecule has 1 heterocycles. The second kappa shape index (κ2) is 3.62. The molecule has 0 bridgehead atoms. The summed E-state index contributed by atoms with van der Waals surface area (Å²) >= 11 is 0. The van der Waals surface area contributed by atoms with Crippen LogP contribution in [0, 0.1) is 0 Å². The number of ether oxygens (including phenoxy) is 1. The molecule has 0 spiro atoms. The molecule has 0 aromatic heterocycles. The number of hydrogen-bond acceptors (Lipinski definition) is 4. The van der Waals surface area contributed by atoms with Crippen LogP contribution in [0.2, 0.25) is 0 Å². The van der Waals surface area contributed by atoms with Crippen molar-refractivity contribution in [3.8, 4) is 0 Å². The van der Waals surface area contributed by atoms with Gasteiger partial charge in [0.25, 0.3) is 0 Å². The third-order valence-electron chi connectivity index (χ3n) is 1.75. The molecule has 1 rings (SSSR count). The summed E-state index contributed by atoms with van der Waals surface area (Å²) in [5.74, 6) is -0.741. The van der Waals surface area contributed by atoms with Gasteiger partial charge in [-0.05, 0) is 6.92 Å².